The Labute approximate surface area is 110 Å². The van der Waals surface area contributed by atoms with Crippen molar-refractivity contribution in [1.29, 1.82) is 0 Å². The van der Waals surface area contributed by atoms with Gasteiger partial charge < -0.3 is 11.1 Å². The topological polar surface area (TPSA) is 68.0 Å². The third kappa shape index (κ3) is 3.15. The van der Waals surface area contributed by atoms with Gasteiger partial charge in [0.2, 0.25) is 0 Å². The molecule has 3 N–H and O–H groups in total. The second-order valence-electron chi connectivity index (χ2n) is 3.94. The molecular formula is C13H15N3OS. The van der Waals surface area contributed by atoms with Crippen LogP contribution >= 0.6 is 11.3 Å². The third-order valence-electron chi connectivity index (χ3n) is 2.55. The predicted molar refractivity (Wildman–Crippen MR) is 72.4 cm³/mol. The van der Waals surface area contributed by atoms with Crippen molar-refractivity contribution in [3.63, 3.8) is 0 Å². The van der Waals surface area contributed by atoms with E-state index in [2.05, 4.69) is 10.3 Å². The first-order chi connectivity index (χ1) is 8.69. The van der Waals surface area contributed by atoms with Crippen molar-refractivity contribution in [2.75, 3.05) is 0 Å². The first-order valence-electron chi connectivity index (χ1n) is 5.67. The molecule has 4 nitrogen and oxygen atoms in total. The molecule has 0 saturated heterocycles. The average molecular weight is 261 g/mol. The summed E-state index contributed by atoms with van der Waals surface area (Å²) in [6.07, 6.45) is 0. The van der Waals surface area contributed by atoms with Crippen LogP contribution in [-0.4, -0.2) is 10.9 Å². The highest BCUT2D eigenvalue weighted by molar-refractivity contribution is 7.09. The molecule has 0 radical (unpaired) electrons. The molecule has 0 unspecified atom stereocenters. The number of aryl methyl sites for hydroxylation is 1. The van der Waals surface area contributed by atoms with Crippen LogP contribution < -0.4 is 11.1 Å². The lowest BCUT2D eigenvalue weighted by molar-refractivity contribution is 0.0950. The minimum atomic E-state index is -0.0933. The lowest BCUT2D eigenvalue weighted by Gasteiger charge is -2.04. The molecule has 0 bridgehead atoms. The van der Waals surface area contributed by atoms with Gasteiger partial charge in [-0.05, 0) is 24.6 Å². The fourth-order valence-corrected chi connectivity index (χ4v) is 2.17. The van der Waals surface area contributed by atoms with E-state index in [0.29, 0.717) is 18.7 Å². The highest BCUT2D eigenvalue weighted by Crippen LogP contribution is 2.08. The van der Waals surface area contributed by atoms with E-state index in [1.807, 2.05) is 24.4 Å². The molecular weight excluding hydrogens is 246 g/mol. The molecule has 94 valence electrons. The minimum absolute atomic E-state index is 0.0933. The summed E-state index contributed by atoms with van der Waals surface area (Å²) in [4.78, 5) is 16.1. The van der Waals surface area contributed by atoms with Crippen molar-refractivity contribution in [2.45, 2.75) is 20.0 Å². The normalized spacial score (nSPS) is 10.3. The summed E-state index contributed by atoms with van der Waals surface area (Å²) in [6.45, 7) is 2.89. The molecule has 0 aliphatic heterocycles. The SMILES string of the molecule is Cc1nc(CNC(=O)c2ccc(CN)cc2)cs1. The molecule has 0 atom stereocenters. The maximum absolute atomic E-state index is 11.9. The zero-order chi connectivity index (χ0) is 13.0. The molecule has 1 heterocycles. The van der Waals surface area contributed by atoms with E-state index in [-0.39, 0.29) is 5.91 Å². The molecule has 18 heavy (non-hydrogen) atoms. The zero-order valence-corrected chi connectivity index (χ0v) is 11.0. The summed E-state index contributed by atoms with van der Waals surface area (Å²) in [5.74, 6) is -0.0933. The molecule has 2 aromatic rings. The van der Waals surface area contributed by atoms with Crippen LogP contribution in [0.3, 0.4) is 0 Å². The van der Waals surface area contributed by atoms with Gasteiger partial charge in [-0.25, -0.2) is 4.98 Å². The molecule has 2 rings (SSSR count). The molecule has 1 aromatic carbocycles. The monoisotopic (exact) mass is 261 g/mol. The van der Waals surface area contributed by atoms with Gasteiger partial charge in [-0.15, -0.1) is 11.3 Å². The summed E-state index contributed by atoms with van der Waals surface area (Å²) in [5.41, 5.74) is 8.05. The number of rotatable bonds is 4. The number of nitrogens with one attached hydrogen (secondary N) is 1. The summed E-state index contributed by atoms with van der Waals surface area (Å²) in [5, 5.41) is 5.80. The van der Waals surface area contributed by atoms with Crippen LogP contribution in [0.15, 0.2) is 29.6 Å². The Hall–Kier alpha value is -1.72. The molecule has 1 aromatic heterocycles. The third-order valence-corrected chi connectivity index (χ3v) is 3.37. The molecule has 0 spiro atoms. The fourth-order valence-electron chi connectivity index (χ4n) is 1.55. The fraction of sp³-hybridized carbons (Fsp3) is 0.231. The lowest BCUT2D eigenvalue weighted by atomic mass is 10.1. The van der Waals surface area contributed by atoms with Crippen molar-refractivity contribution in [1.82, 2.24) is 10.3 Å². The van der Waals surface area contributed by atoms with Crippen LogP contribution in [0.25, 0.3) is 0 Å². The van der Waals surface area contributed by atoms with Gasteiger partial charge in [0, 0.05) is 17.5 Å². The van der Waals surface area contributed by atoms with Gasteiger partial charge in [-0.1, -0.05) is 12.1 Å². The summed E-state index contributed by atoms with van der Waals surface area (Å²) in [6, 6.07) is 7.29. The molecule has 0 saturated carbocycles. The van der Waals surface area contributed by atoms with Crippen molar-refractivity contribution < 1.29 is 4.79 Å². The molecule has 0 fully saturated rings. The highest BCUT2D eigenvalue weighted by Gasteiger charge is 2.06. The quantitative estimate of drug-likeness (QED) is 0.882. The average Bonchev–Trinajstić information content (AvgIpc) is 2.82. The number of thiazole rings is 1. The largest absolute Gasteiger partial charge is 0.346 e. The number of hydrogen-bond acceptors (Lipinski definition) is 4. The standard InChI is InChI=1S/C13H15N3OS/c1-9-16-12(8-18-9)7-15-13(17)11-4-2-10(6-14)3-5-11/h2-5,8H,6-7,14H2,1H3,(H,15,17). The Morgan fingerprint density at radius 3 is 2.67 bits per heavy atom. The van der Waals surface area contributed by atoms with Gasteiger partial charge in [0.15, 0.2) is 0 Å². The van der Waals surface area contributed by atoms with Crippen LogP contribution in [0.2, 0.25) is 0 Å². The Kier molecular flexibility index (Phi) is 4.07. The van der Waals surface area contributed by atoms with E-state index < -0.39 is 0 Å². The number of benzene rings is 1. The van der Waals surface area contributed by atoms with Gasteiger partial charge in [-0.3, -0.25) is 4.79 Å². The smallest absolute Gasteiger partial charge is 0.251 e. The van der Waals surface area contributed by atoms with E-state index in [4.69, 9.17) is 5.73 Å². The summed E-state index contributed by atoms with van der Waals surface area (Å²) >= 11 is 1.58. The van der Waals surface area contributed by atoms with Gasteiger partial charge >= 0.3 is 0 Å². The Bertz CT molecular complexity index is 533. The molecule has 0 aliphatic carbocycles. The number of carbonyl (C=O) groups excluding carboxylic acids is 1. The number of amides is 1. The van der Waals surface area contributed by atoms with E-state index >= 15 is 0 Å². The van der Waals surface area contributed by atoms with E-state index in [0.717, 1.165) is 16.3 Å². The highest BCUT2D eigenvalue weighted by atomic mass is 32.1. The Balaban J connectivity index is 1.94. The first kappa shape index (κ1) is 12.7. The van der Waals surface area contributed by atoms with Crippen LogP contribution in [0.5, 0.6) is 0 Å². The van der Waals surface area contributed by atoms with Gasteiger partial charge in [0.25, 0.3) is 5.91 Å². The molecule has 0 aliphatic rings. The summed E-state index contributed by atoms with van der Waals surface area (Å²) < 4.78 is 0. The maximum atomic E-state index is 11.9. The molecule has 5 heteroatoms. The molecule has 1 amide bonds. The second-order valence-corrected chi connectivity index (χ2v) is 5.00. The van der Waals surface area contributed by atoms with E-state index in [1.165, 1.54) is 0 Å². The van der Waals surface area contributed by atoms with Crippen LogP contribution in [-0.2, 0) is 13.1 Å². The van der Waals surface area contributed by atoms with Crippen molar-refractivity contribution in [2.24, 2.45) is 5.73 Å². The number of nitrogens with two attached hydrogens (primary N) is 1. The zero-order valence-electron chi connectivity index (χ0n) is 10.1. The first-order valence-corrected chi connectivity index (χ1v) is 6.55. The van der Waals surface area contributed by atoms with Crippen molar-refractivity contribution >= 4 is 17.2 Å². The van der Waals surface area contributed by atoms with Gasteiger partial charge in [-0.2, -0.15) is 0 Å². The Morgan fingerprint density at radius 2 is 2.11 bits per heavy atom. The second kappa shape index (κ2) is 5.75. The predicted octanol–water partition coefficient (Wildman–Crippen LogP) is 1.84. The lowest BCUT2D eigenvalue weighted by Crippen LogP contribution is -2.22. The van der Waals surface area contributed by atoms with Crippen LogP contribution in [0.1, 0.15) is 26.6 Å². The van der Waals surface area contributed by atoms with Gasteiger partial charge in [0.05, 0.1) is 17.2 Å². The van der Waals surface area contributed by atoms with E-state index in [9.17, 15) is 4.79 Å². The van der Waals surface area contributed by atoms with Crippen molar-refractivity contribution in [3.05, 3.63) is 51.5 Å². The number of nitrogens with zero attached hydrogens (tertiary/aromatic N) is 1. The Morgan fingerprint density at radius 1 is 1.39 bits per heavy atom. The number of carbonyl (C=O) groups is 1. The van der Waals surface area contributed by atoms with E-state index in [1.54, 1.807) is 23.5 Å². The van der Waals surface area contributed by atoms with Gasteiger partial charge in [0.1, 0.15) is 0 Å². The van der Waals surface area contributed by atoms with Crippen LogP contribution in [0.4, 0.5) is 0 Å². The maximum Gasteiger partial charge on any atom is 0.251 e. The summed E-state index contributed by atoms with van der Waals surface area (Å²) in [7, 11) is 0. The number of hydrogen-bond donors (Lipinski definition) is 2. The van der Waals surface area contributed by atoms with Crippen molar-refractivity contribution in [3.8, 4) is 0 Å². The minimum Gasteiger partial charge on any atom is -0.346 e. The number of aromatic nitrogens is 1. The van der Waals surface area contributed by atoms with Crippen LogP contribution in [0, 0.1) is 6.92 Å².